The molecule has 6 heteroatoms. The van der Waals surface area contributed by atoms with Crippen LogP contribution in [0.2, 0.25) is 0 Å². The standard InChI is InChI=1S/C3H9NO4S/c4-1-2-8-3-9(5,6)7/h1-4H2,(H,5,6,7). The first-order chi connectivity index (χ1) is 4.06. The van der Waals surface area contributed by atoms with Crippen molar-refractivity contribution in [3.63, 3.8) is 0 Å². The number of nitrogens with two attached hydrogens (primary N) is 1. The van der Waals surface area contributed by atoms with Crippen LogP contribution in [0.3, 0.4) is 0 Å². The summed E-state index contributed by atoms with van der Waals surface area (Å²) < 4.78 is 32.2. The molecule has 0 saturated heterocycles. The lowest BCUT2D eigenvalue weighted by molar-refractivity contribution is 0.178. The monoisotopic (exact) mass is 155 g/mol. The van der Waals surface area contributed by atoms with Crippen molar-refractivity contribution in [2.75, 3.05) is 19.1 Å². The minimum Gasteiger partial charge on any atom is -0.362 e. The largest absolute Gasteiger partial charge is 0.362 e. The van der Waals surface area contributed by atoms with Crippen molar-refractivity contribution in [3.8, 4) is 0 Å². The summed E-state index contributed by atoms with van der Waals surface area (Å²) in [5.41, 5.74) is 4.96. The van der Waals surface area contributed by atoms with Crippen LogP contribution in [0.4, 0.5) is 0 Å². The second kappa shape index (κ2) is 3.78. The number of ether oxygens (including phenoxy) is 1. The second-order valence-electron chi connectivity index (χ2n) is 1.40. The first-order valence-corrected chi connectivity index (χ1v) is 3.90. The molecular weight excluding hydrogens is 146 g/mol. The van der Waals surface area contributed by atoms with Gasteiger partial charge >= 0.3 is 0 Å². The fraction of sp³-hybridized carbons (Fsp3) is 1.00. The molecule has 9 heavy (non-hydrogen) atoms. The van der Waals surface area contributed by atoms with E-state index in [-0.39, 0.29) is 13.2 Å². The third-order valence-electron chi connectivity index (χ3n) is 0.494. The summed E-state index contributed by atoms with van der Waals surface area (Å²) in [6.07, 6.45) is 0. The van der Waals surface area contributed by atoms with E-state index in [4.69, 9.17) is 10.3 Å². The van der Waals surface area contributed by atoms with Crippen molar-refractivity contribution < 1.29 is 17.7 Å². The molecule has 0 amide bonds. The molecular formula is C3H9NO4S. The first kappa shape index (κ1) is 8.83. The van der Waals surface area contributed by atoms with Crippen LogP contribution in [-0.2, 0) is 14.9 Å². The Balaban J connectivity index is 3.30. The lowest BCUT2D eigenvalue weighted by Gasteiger charge is -1.96. The molecule has 0 radical (unpaired) electrons. The van der Waals surface area contributed by atoms with E-state index in [2.05, 4.69) is 4.74 Å². The Hall–Kier alpha value is -0.170. The molecule has 3 N–H and O–H groups in total. The van der Waals surface area contributed by atoms with E-state index >= 15 is 0 Å². The minimum absolute atomic E-state index is 0.139. The van der Waals surface area contributed by atoms with E-state index in [0.29, 0.717) is 0 Å². The molecule has 0 fully saturated rings. The summed E-state index contributed by atoms with van der Waals surface area (Å²) in [6, 6.07) is 0. The molecule has 0 aliphatic carbocycles. The molecule has 0 aromatic heterocycles. The Morgan fingerprint density at radius 1 is 1.56 bits per heavy atom. The van der Waals surface area contributed by atoms with E-state index in [1.807, 2.05) is 0 Å². The zero-order valence-electron chi connectivity index (χ0n) is 4.78. The third-order valence-corrected chi connectivity index (χ3v) is 0.959. The third kappa shape index (κ3) is 7.83. The molecule has 0 spiro atoms. The number of hydrogen-bond acceptors (Lipinski definition) is 4. The summed E-state index contributed by atoms with van der Waals surface area (Å²) in [5.74, 6) is -0.676. The van der Waals surface area contributed by atoms with Crippen LogP contribution in [0, 0.1) is 0 Å². The van der Waals surface area contributed by atoms with Gasteiger partial charge in [0.2, 0.25) is 0 Å². The van der Waals surface area contributed by atoms with Gasteiger partial charge in [-0.1, -0.05) is 0 Å². The molecule has 0 saturated carbocycles. The average Bonchev–Trinajstić information content (AvgIpc) is 1.63. The molecule has 56 valence electrons. The normalized spacial score (nSPS) is 11.8. The van der Waals surface area contributed by atoms with Gasteiger partial charge in [-0.3, -0.25) is 4.55 Å². The summed E-state index contributed by atoms with van der Waals surface area (Å²) in [4.78, 5) is 0. The zero-order valence-corrected chi connectivity index (χ0v) is 5.60. The van der Waals surface area contributed by atoms with Crippen molar-refractivity contribution in [2.45, 2.75) is 0 Å². The smallest absolute Gasteiger partial charge is 0.289 e. The predicted octanol–water partition coefficient (Wildman–Crippen LogP) is -1.19. The fourth-order valence-corrected chi connectivity index (χ4v) is 0.576. The molecule has 5 nitrogen and oxygen atoms in total. The van der Waals surface area contributed by atoms with Crippen molar-refractivity contribution in [1.82, 2.24) is 0 Å². The lowest BCUT2D eigenvalue weighted by Crippen LogP contribution is -2.13. The Morgan fingerprint density at radius 2 is 2.11 bits per heavy atom. The van der Waals surface area contributed by atoms with Crippen molar-refractivity contribution in [3.05, 3.63) is 0 Å². The Morgan fingerprint density at radius 3 is 2.44 bits per heavy atom. The maximum absolute atomic E-state index is 9.90. The summed E-state index contributed by atoms with van der Waals surface area (Å²) in [6.45, 7) is 0.384. The summed E-state index contributed by atoms with van der Waals surface area (Å²) >= 11 is 0. The van der Waals surface area contributed by atoms with E-state index < -0.39 is 16.1 Å². The SMILES string of the molecule is NCCOCS(=O)(=O)O. The highest BCUT2D eigenvalue weighted by molar-refractivity contribution is 7.85. The molecule has 0 heterocycles. The Kier molecular flexibility index (Phi) is 3.71. The van der Waals surface area contributed by atoms with Gasteiger partial charge in [-0.25, -0.2) is 0 Å². The van der Waals surface area contributed by atoms with E-state index in [0.717, 1.165) is 0 Å². The number of rotatable bonds is 4. The highest BCUT2D eigenvalue weighted by Gasteiger charge is 2.01. The van der Waals surface area contributed by atoms with Gasteiger partial charge in [-0.15, -0.1) is 0 Å². The van der Waals surface area contributed by atoms with Gasteiger partial charge < -0.3 is 10.5 Å². The molecule has 0 aliphatic heterocycles. The van der Waals surface area contributed by atoms with Crippen LogP contribution in [0.1, 0.15) is 0 Å². The van der Waals surface area contributed by atoms with Crippen molar-refractivity contribution in [2.24, 2.45) is 5.73 Å². The Bertz CT molecular complexity index is 151. The van der Waals surface area contributed by atoms with Gasteiger partial charge in [0.15, 0.2) is 5.94 Å². The van der Waals surface area contributed by atoms with Gasteiger partial charge in [0.25, 0.3) is 10.1 Å². The minimum atomic E-state index is -3.97. The van der Waals surface area contributed by atoms with E-state index in [1.54, 1.807) is 0 Å². The van der Waals surface area contributed by atoms with Crippen LogP contribution in [-0.4, -0.2) is 32.1 Å². The molecule has 0 unspecified atom stereocenters. The zero-order chi connectivity index (χ0) is 7.33. The number of hydrogen-bond donors (Lipinski definition) is 2. The van der Waals surface area contributed by atoms with Gasteiger partial charge in [0.1, 0.15) is 0 Å². The first-order valence-electron chi connectivity index (χ1n) is 2.29. The quantitative estimate of drug-likeness (QED) is 0.393. The molecule has 0 aromatic carbocycles. The maximum atomic E-state index is 9.90. The highest BCUT2D eigenvalue weighted by atomic mass is 32.2. The van der Waals surface area contributed by atoms with Crippen LogP contribution in [0.15, 0.2) is 0 Å². The molecule has 0 atom stereocenters. The van der Waals surface area contributed by atoms with Gasteiger partial charge in [0, 0.05) is 6.54 Å². The Labute approximate surface area is 53.6 Å². The van der Waals surface area contributed by atoms with Gasteiger partial charge in [0.05, 0.1) is 6.61 Å². The maximum Gasteiger partial charge on any atom is 0.289 e. The van der Waals surface area contributed by atoms with E-state index in [1.165, 1.54) is 0 Å². The van der Waals surface area contributed by atoms with Crippen molar-refractivity contribution >= 4 is 10.1 Å². The van der Waals surface area contributed by atoms with Crippen LogP contribution >= 0.6 is 0 Å². The summed E-state index contributed by atoms with van der Waals surface area (Å²) in [5, 5.41) is 0. The van der Waals surface area contributed by atoms with Gasteiger partial charge in [-0.2, -0.15) is 8.42 Å². The second-order valence-corrected chi connectivity index (χ2v) is 2.80. The molecule has 0 rings (SSSR count). The van der Waals surface area contributed by atoms with Gasteiger partial charge in [-0.05, 0) is 0 Å². The fourth-order valence-electron chi connectivity index (χ4n) is 0.248. The van der Waals surface area contributed by atoms with Crippen LogP contribution in [0.25, 0.3) is 0 Å². The molecule has 0 bridgehead atoms. The summed E-state index contributed by atoms with van der Waals surface area (Å²) in [7, 11) is -3.97. The molecule has 0 aliphatic rings. The highest BCUT2D eigenvalue weighted by Crippen LogP contribution is 1.81. The molecule has 0 aromatic rings. The average molecular weight is 155 g/mol. The van der Waals surface area contributed by atoms with Crippen LogP contribution in [0.5, 0.6) is 0 Å². The lowest BCUT2D eigenvalue weighted by atomic mass is 10.7. The topological polar surface area (TPSA) is 89.6 Å². The van der Waals surface area contributed by atoms with Crippen molar-refractivity contribution in [1.29, 1.82) is 0 Å². The predicted molar refractivity (Wildman–Crippen MR) is 31.4 cm³/mol. The van der Waals surface area contributed by atoms with Crippen LogP contribution < -0.4 is 5.73 Å². The van der Waals surface area contributed by atoms with E-state index in [9.17, 15) is 8.42 Å².